The van der Waals surface area contributed by atoms with Crippen LogP contribution in [0, 0.1) is 20.8 Å². The number of aryl methyl sites for hydroxylation is 3. The maximum absolute atomic E-state index is 13.1. The lowest BCUT2D eigenvalue weighted by molar-refractivity contribution is -0.138. The fraction of sp³-hybridized carbons (Fsp3) is 0.364. The Hall–Kier alpha value is -2.91. The van der Waals surface area contributed by atoms with Crippen LogP contribution in [-0.4, -0.2) is 58.1 Å². The molecule has 0 bridgehead atoms. The smallest absolute Gasteiger partial charge is 0.340 e. The van der Waals surface area contributed by atoms with Gasteiger partial charge in [-0.15, -0.1) is 0 Å². The van der Waals surface area contributed by atoms with Gasteiger partial charge >= 0.3 is 5.97 Å². The Kier molecular flexibility index (Phi) is 6.97. The summed E-state index contributed by atoms with van der Waals surface area (Å²) in [4.78, 5) is 26.6. The van der Waals surface area contributed by atoms with Crippen LogP contribution in [0.25, 0.3) is 0 Å². The van der Waals surface area contributed by atoms with Crippen molar-refractivity contribution in [3.8, 4) is 0 Å². The molecule has 1 fully saturated rings. The second-order valence-corrected chi connectivity index (χ2v) is 9.07. The van der Waals surface area contributed by atoms with Crippen molar-refractivity contribution >= 4 is 27.6 Å². The van der Waals surface area contributed by atoms with Crippen LogP contribution in [0.1, 0.15) is 27.0 Å². The first-order valence-electron chi connectivity index (χ1n) is 9.91. The number of sulfonamides is 1. The molecule has 1 aliphatic heterocycles. The lowest BCUT2D eigenvalue weighted by Crippen LogP contribution is -2.42. The van der Waals surface area contributed by atoms with Crippen molar-refractivity contribution < 1.29 is 27.5 Å². The molecule has 1 aliphatic rings. The van der Waals surface area contributed by atoms with Crippen molar-refractivity contribution in [3.63, 3.8) is 0 Å². The fourth-order valence-corrected chi connectivity index (χ4v) is 5.18. The Morgan fingerprint density at radius 2 is 1.68 bits per heavy atom. The Morgan fingerprint density at radius 3 is 2.32 bits per heavy atom. The molecule has 0 spiro atoms. The molecule has 2 aromatic carbocycles. The van der Waals surface area contributed by atoms with Crippen LogP contribution in [0.2, 0.25) is 0 Å². The topological polar surface area (TPSA) is 102 Å². The van der Waals surface area contributed by atoms with Gasteiger partial charge in [0.15, 0.2) is 6.61 Å². The van der Waals surface area contributed by atoms with Gasteiger partial charge in [0.05, 0.1) is 29.4 Å². The van der Waals surface area contributed by atoms with Crippen LogP contribution in [0.4, 0.5) is 5.69 Å². The number of rotatable bonds is 6. The minimum atomic E-state index is -3.94. The third kappa shape index (κ3) is 5.42. The van der Waals surface area contributed by atoms with E-state index in [0.717, 1.165) is 5.56 Å². The first-order chi connectivity index (χ1) is 14.7. The summed E-state index contributed by atoms with van der Waals surface area (Å²) in [6.45, 7) is 6.72. The number of morpholine rings is 1. The number of nitrogens with one attached hydrogen (secondary N) is 1. The summed E-state index contributed by atoms with van der Waals surface area (Å²) in [5.41, 5.74) is 2.30. The number of hydrogen-bond donors (Lipinski definition) is 1. The van der Waals surface area contributed by atoms with E-state index in [0.29, 0.717) is 37.4 Å². The van der Waals surface area contributed by atoms with Gasteiger partial charge in [-0.05, 0) is 44.0 Å². The van der Waals surface area contributed by atoms with E-state index in [-0.39, 0.29) is 22.1 Å². The number of anilines is 1. The number of para-hydroxylation sites is 1. The third-order valence-electron chi connectivity index (χ3n) is 4.96. The monoisotopic (exact) mass is 446 g/mol. The standard InChI is InChI=1S/C22H26N2O6S/c1-15-12-16(2)21(17(3)13-15)31(27,28)23-19-7-5-4-6-18(19)22(26)30-14-20(25)24-8-10-29-11-9-24/h4-7,12-13,23H,8-11,14H2,1-3H3. The van der Waals surface area contributed by atoms with Crippen molar-refractivity contribution in [2.24, 2.45) is 0 Å². The summed E-state index contributed by atoms with van der Waals surface area (Å²) in [5, 5.41) is 0. The molecule has 9 heteroatoms. The molecular formula is C22H26N2O6S. The number of carbonyl (C=O) groups is 2. The average Bonchev–Trinajstić information content (AvgIpc) is 2.71. The van der Waals surface area contributed by atoms with Gasteiger partial charge in [-0.25, -0.2) is 13.2 Å². The molecule has 166 valence electrons. The van der Waals surface area contributed by atoms with Gasteiger partial charge in [0.25, 0.3) is 15.9 Å². The highest BCUT2D eigenvalue weighted by Gasteiger charge is 2.24. The molecule has 1 N–H and O–H groups in total. The Bertz CT molecular complexity index is 1070. The first kappa shape index (κ1) is 22.8. The van der Waals surface area contributed by atoms with Gasteiger partial charge in [-0.1, -0.05) is 29.8 Å². The molecule has 0 radical (unpaired) electrons. The molecule has 0 atom stereocenters. The lowest BCUT2D eigenvalue weighted by Gasteiger charge is -2.26. The van der Waals surface area contributed by atoms with E-state index in [1.54, 1.807) is 43.0 Å². The summed E-state index contributed by atoms with van der Waals surface area (Å²) in [7, 11) is -3.94. The van der Waals surface area contributed by atoms with Crippen LogP contribution in [0.5, 0.6) is 0 Å². The largest absolute Gasteiger partial charge is 0.452 e. The Labute approximate surface area is 182 Å². The first-order valence-corrected chi connectivity index (χ1v) is 11.4. The molecule has 1 saturated heterocycles. The number of esters is 1. The molecule has 0 aromatic heterocycles. The average molecular weight is 447 g/mol. The fourth-order valence-electron chi connectivity index (χ4n) is 3.65. The maximum atomic E-state index is 13.1. The zero-order chi connectivity index (χ0) is 22.6. The summed E-state index contributed by atoms with van der Waals surface area (Å²) >= 11 is 0. The van der Waals surface area contributed by atoms with E-state index in [1.165, 1.54) is 12.1 Å². The van der Waals surface area contributed by atoms with Gasteiger partial charge < -0.3 is 14.4 Å². The zero-order valence-corrected chi connectivity index (χ0v) is 18.6. The Morgan fingerprint density at radius 1 is 1.06 bits per heavy atom. The number of benzene rings is 2. The molecule has 8 nitrogen and oxygen atoms in total. The highest BCUT2D eigenvalue weighted by atomic mass is 32.2. The van der Waals surface area contributed by atoms with Crippen LogP contribution in [0.15, 0.2) is 41.3 Å². The summed E-state index contributed by atoms with van der Waals surface area (Å²) < 4.78 is 39.0. The van der Waals surface area contributed by atoms with Crippen molar-refractivity contribution in [1.82, 2.24) is 4.90 Å². The van der Waals surface area contributed by atoms with E-state index in [9.17, 15) is 18.0 Å². The summed E-state index contributed by atoms with van der Waals surface area (Å²) in [6.07, 6.45) is 0. The minimum absolute atomic E-state index is 0.0308. The predicted molar refractivity (Wildman–Crippen MR) is 116 cm³/mol. The minimum Gasteiger partial charge on any atom is -0.452 e. The second-order valence-electron chi connectivity index (χ2n) is 7.45. The van der Waals surface area contributed by atoms with Crippen molar-refractivity contribution in [3.05, 3.63) is 58.7 Å². The second kappa shape index (κ2) is 9.49. The van der Waals surface area contributed by atoms with Crippen molar-refractivity contribution in [2.75, 3.05) is 37.6 Å². The van der Waals surface area contributed by atoms with Crippen molar-refractivity contribution in [2.45, 2.75) is 25.7 Å². The highest BCUT2D eigenvalue weighted by Crippen LogP contribution is 2.26. The van der Waals surface area contributed by atoms with Gasteiger partial charge in [0.1, 0.15) is 0 Å². The molecule has 2 aromatic rings. The number of ether oxygens (including phenoxy) is 2. The predicted octanol–water partition coefficient (Wildman–Crippen LogP) is 2.43. The van der Waals surface area contributed by atoms with Crippen LogP contribution < -0.4 is 4.72 Å². The number of carbonyl (C=O) groups excluding carboxylic acids is 2. The molecule has 3 rings (SSSR count). The lowest BCUT2D eigenvalue weighted by atomic mass is 10.1. The molecule has 1 amide bonds. The summed E-state index contributed by atoms with van der Waals surface area (Å²) in [6, 6.07) is 9.73. The maximum Gasteiger partial charge on any atom is 0.340 e. The van der Waals surface area contributed by atoms with Gasteiger partial charge in [-0.3, -0.25) is 9.52 Å². The van der Waals surface area contributed by atoms with E-state index < -0.39 is 22.6 Å². The molecular weight excluding hydrogens is 420 g/mol. The highest BCUT2D eigenvalue weighted by molar-refractivity contribution is 7.92. The van der Waals surface area contributed by atoms with Gasteiger partial charge in [-0.2, -0.15) is 0 Å². The van der Waals surface area contributed by atoms with Crippen LogP contribution >= 0.6 is 0 Å². The van der Waals surface area contributed by atoms with Gasteiger partial charge in [0, 0.05) is 13.1 Å². The zero-order valence-electron chi connectivity index (χ0n) is 17.8. The van der Waals surface area contributed by atoms with E-state index in [1.807, 2.05) is 6.92 Å². The van der Waals surface area contributed by atoms with E-state index in [4.69, 9.17) is 9.47 Å². The van der Waals surface area contributed by atoms with Crippen molar-refractivity contribution in [1.29, 1.82) is 0 Å². The SMILES string of the molecule is Cc1cc(C)c(S(=O)(=O)Nc2ccccc2C(=O)OCC(=O)N2CCOCC2)c(C)c1. The van der Waals surface area contributed by atoms with E-state index >= 15 is 0 Å². The van der Waals surface area contributed by atoms with Gasteiger partial charge in [0.2, 0.25) is 0 Å². The van der Waals surface area contributed by atoms with Crippen LogP contribution in [0.3, 0.4) is 0 Å². The number of nitrogens with zero attached hydrogens (tertiary/aromatic N) is 1. The molecule has 0 saturated carbocycles. The molecule has 1 heterocycles. The number of hydrogen-bond acceptors (Lipinski definition) is 6. The summed E-state index contributed by atoms with van der Waals surface area (Å²) in [5.74, 6) is -1.10. The third-order valence-corrected chi connectivity index (χ3v) is 6.63. The van der Waals surface area contributed by atoms with Crippen LogP contribution in [-0.2, 0) is 24.3 Å². The van der Waals surface area contributed by atoms with E-state index in [2.05, 4.69) is 4.72 Å². The Balaban J connectivity index is 1.77. The normalized spacial score (nSPS) is 14.2. The molecule has 0 unspecified atom stereocenters. The molecule has 0 aliphatic carbocycles. The molecule has 31 heavy (non-hydrogen) atoms. The number of amides is 1. The quantitative estimate of drug-likeness (QED) is 0.684.